The van der Waals surface area contributed by atoms with Crippen molar-refractivity contribution in [1.29, 1.82) is 0 Å². The summed E-state index contributed by atoms with van der Waals surface area (Å²) in [6.07, 6.45) is 0. The third-order valence-electron chi connectivity index (χ3n) is 1.23. The highest BCUT2D eigenvalue weighted by atomic mass is 32.1. The second-order valence-corrected chi connectivity index (χ2v) is 3.27. The molecule has 0 heterocycles. The zero-order valence-corrected chi connectivity index (χ0v) is 8.16. The van der Waals surface area contributed by atoms with Crippen molar-refractivity contribution in [2.75, 3.05) is 14.1 Å². The lowest BCUT2D eigenvalue weighted by Crippen LogP contribution is -2.42. The predicted octanol–water partition coefficient (Wildman–Crippen LogP) is 0.400. The number of carbonyl (C=O) groups excluding carboxylic acids is 1. The van der Waals surface area contributed by atoms with Gasteiger partial charge in [0, 0.05) is 14.1 Å². The van der Waals surface area contributed by atoms with Gasteiger partial charge in [-0.2, -0.15) is 0 Å². The van der Waals surface area contributed by atoms with E-state index in [0.29, 0.717) is 4.99 Å². The summed E-state index contributed by atoms with van der Waals surface area (Å²) in [6, 6.07) is -0.220. The lowest BCUT2D eigenvalue weighted by Gasteiger charge is -2.17. The second-order valence-electron chi connectivity index (χ2n) is 2.65. The van der Waals surface area contributed by atoms with Crippen LogP contribution in [0.1, 0.15) is 13.8 Å². The van der Waals surface area contributed by atoms with Crippen molar-refractivity contribution < 1.29 is 4.79 Å². The Balaban J connectivity index is 3.93. The largest absolute Gasteiger partial charge is 0.369 e. The molecule has 0 spiro atoms. The van der Waals surface area contributed by atoms with Gasteiger partial charge in [-0.15, -0.1) is 0 Å². The number of hydrogen-bond acceptors (Lipinski definition) is 2. The van der Waals surface area contributed by atoms with Gasteiger partial charge in [-0.3, -0.25) is 4.79 Å². The van der Waals surface area contributed by atoms with E-state index in [1.807, 2.05) is 0 Å². The van der Waals surface area contributed by atoms with Crippen LogP contribution in [0.15, 0.2) is 0 Å². The van der Waals surface area contributed by atoms with E-state index in [9.17, 15) is 4.79 Å². The molecule has 0 aromatic carbocycles. The zero-order valence-electron chi connectivity index (χ0n) is 7.34. The Labute approximate surface area is 72.8 Å². The first-order chi connectivity index (χ1) is 4.95. The van der Waals surface area contributed by atoms with E-state index in [4.69, 9.17) is 12.2 Å². The van der Waals surface area contributed by atoms with Crippen LogP contribution in [0.3, 0.4) is 0 Å². The number of thiocarbonyl (C=S) groups is 1. The molecule has 4 heteroatoms. The predicted molar refractivity (Wildman–Crippen MR) is 49.6 cm³/mol. The first-order valence-electron chi connectivity index (χ1n) is 3.43. The molecule has 11 heavy (non-hydrogen) atoms. The number of rotatable bonds is 2. The summed E-state index contributed by atoms with van der Waals surface area (Å²) >= 11 is 4.80. The Morgan fingerprint density at radius 2 is 2.00 bits per heavy atom. The molecule has 0 saturated heterocycles. The van der Waals surface area contributed by atoms with Gasteiger partial charge in [0.2, 0.25) is 5.91 Å². The van der Waals surface area contributed by atoms with Crippen molar-refractivity contribution >= 4 is 23.1 Å². The molecule has 0 aliphatic heterocycles. The van der Waals surface area contributed by atoms with Gasteiger partial charge in [-0.25, -0.2) is 0 Å². The molecule has 0 aliphatic carbocycles. The zero-order chi connectivity index (χ0) is 9.02. The van der Waals surface area contributed by atoms with Crippen LogP contribution in [0, 0.1) is 0 Å². The van der Waals surface area contributed by atoms with Crippen molar-refractivity contribution in [1.82, 2.24) is 10.2 Å². The summed E-state index contributed by atoms with van der Waals surface area (Å²) in [5, 5.41) is 2.86. The number of hydrogen-bond donors (Lipinski definition) is 1. The van der Waals surface area contributed by atoms with Gasteiger partial charge in [-0.1, -0.05) is 12.2 Å². The molecule has 0 aromatic rings. The molecule has 1 atom stereocenters. The van der Waals surface area contributed by atoms with Gasteiger partial charge >= 0.3 is 0 Å². The Morgan fingerprint density at radius 1 is 1.55 bits per heavy atom. The van der Waals surface area contributed by atoms with Crippen LogP contribution in [-0.2, 0) is 4.79 Å². The van der Waals surface area contributed by atoms with Crippen molar-refractivity contribution in [2.24, 2.45) is 0 Å². The fraction of sp³-hybridized carbons (Fsp3) is 0.714. The molecule has 1 N–H and O–H groups in total. The molecular weight excluding hydrogens is 160 g/mol. The van der Waals surface area contributed by atoms with Crippen LogP contribution in [-0.4, -0.2) is 35.9 Å². The summed E-state index contributed by atoms with van der Waals surface area (Å²) in [5.41, 5.74) is 0. The van der Waals surface area contributed by atoms with E-state index in [1.54, 1.807) is 27.9 Å². The van der Waals surface area contributed by atoms with Crippen molar-refractivity contribution in [2.45, 2.75) is 19.9 Å². The van der Waals surface area contributed by atoms with Crippen LogP contribution in [0.5, 0.6) is 0 Å². The second kappa shape index (κ2) is 4.28. The third-order valence-corrected chi connectivity index (χ3v) is 1.35. The lowest BCUT2D eigenvalue weighted by molar-refractivity contribution is -0.130. The standard InChI is InChI=1S/C7H14N2OS/c1-5(8-6(2)11)7(10)9(3)4/h5H,1-4H3,(H,8,11)/t5-/m0/s1. The van der Waals surface area contributed by atoms with Gasteiger partial charge in [0.05, 0.1) is 4.99 Å². The van der Waals surface area contributed by atoms with Crippen LogP contribution < -0.4 is 5.32 Å². The summed E-state index contributed by atoms with van der Waals surface area (Å²) in [5.74, 6) is 0.0363. The molecule has 64 valence electrons. The Kier molecular flexibility index (Phi) is 4.03. The molecule has 3 nitrogen and oxygen atoms in total. The van der Waals surface area contributed by atoms with E-state index in [1.165, 1.54) is 4.90 Å². The van der Waals surface area contributed by atoms with Crippen molar-refractivity contribution in [3.8, 4) is 0 Å². The highest BCUT2D eigenvalue weighted by Crippen LogP contribution is 1.88. The fourth-order valence-corrected chi connectivity index (χ4v) is 0.931. The highest BCUT2D eigenvalue weighted by Gasteiger charge is 2.13. The first-order valence-corrected chi connectivity index (χ1v) is 3.84. The van der Waals surface area contributed by atoms with Gasteiger partial charge in [0.25, 0.3) is 0 Å². The van der Waals surface area contributed by atoms with Gasteiger partial charge in [0.1, 0.15) is 6.04 Å². The number of likely N-dealkylation sites (N-methyl/N-ethyl adjacent to an activating group) is 1. The SMILES string of the molecule is CC(=S)N[C@@H](C)C(=O)N(C)C. The Hall–Kier alpha value is -0.640. The van der Waals surface area contributed by atoms with Crippen molar-refractivity contribution in [3.63, 3.8) is 0 Å². The van der Waals surface area contributed by atoms with E-state index >= 15 is 0 Å². The smallest absolute Gasteiger partial charge is 0.244 e. The minimum atomic E-state index is -0.220. The van der Waals surface area contributed by atoms with Gasteiger partial charge in [-0.05, 0) is 13.8 Å². The summed E-state index contributed by atoms with van der Waals surface area (Å²) in [6.45, 7) is 3.55. The number of carbonyl (C=O) groups is 1. The minimum absolute atomic E-state index is 0.0363. The van der Waals surface area contributed by atoms with Crippen LogP contribution in [0.25, 0.3) is 0 Å². The van der Waals surface area contributed by atoms with Crippen LogP contribution >= 0.6 is 12.2 Å². The third kappa shape index (κ3) is 3.93. The Morgan fingerprint density at radius 3 is 2.27 bits per heavy atom. The van der Waals surface area contributed by atoms with Crippen LogP contribution in [0.4, 0.5) is 0 Å². The van der Waals surface area contributed by atoms with Crippen LogP contribution in [0.2, 0.25) is 0 Å². The molecule has 0 saturated carbocycles. The maximum atomic E-state index is 11.2. The molecule has 0 fully saturated rings. The van der Waals surface area contributed by atoms with E-state index < -0.39 is 0 Å². The quantitative estimate of drug-likeness (QED) is 0.615. The molecule has 0 unspecified atom stereocenters. The average molecular weight is 174 g/mol. The van der Waals surface area contributed by atoms with E-state index in [2.05, 4.69) is 5.32 Å². The Bertz CT molecular complexity index is 168. The molecule has 0 bridgehead atoms. The molecule has 0 aromatic heterocycles. The number of nitrogens with one attached hydrogen (secondary N) is 1. The van der Waals surface area contributed by atoms with E-state index in [0.717, 1.165) is 0 Å². The summed E-state index contributed by atoms with van der Waals surface area (Å²) in [7, 11) is 3.44. The summed E-state index contributed by atoms with van der Waals surface area (Å²) < 4.78 is 0. The first kappa shape index (κ1) is 10.4. The minimum Gasteiger partial charge on any atom is -0.369 e. The molecule has 0 rings (SSSR count). The maximum Gasteiger partial charge on any atom is 0.244 e. The number of nitrogens with zero attached hydrogens (tertiary/aromatic N) is 1. The van der Waals surface area contributed by atoms with E-state index in [-0.39, 0.29) is 11.9 Å². The lowest BCUT2D eigenvalue weighted by atomic mass is 10.3. The maximum absolute atomic E-state index is 11.2. The molecule has 1 amide bonds. The number of amides is 1. The average Bonchev–Trinajstić information content (AvgIpc) is 1.84. The monoisotopic (exact) mass is 174 g/mol. The molecular formula is C7H14N2OS. The molecule has 0 aliphatic rings. The highest BCUT2D eigenvalue weighted by molar-refractivity contribution is 7.80. The normalized spacial score (nSPS) is 12.0. The topological polar surface area (TPSA) is 32.3 Å². The van der Waals surface area contributed by atoms with Gasteiger partial charge in [0.15, 0.2) is 0 Å². The summed E-state index contributed by atoms with van der Waals surface area (Å²) in [4.78, 5) is 13.4. The fourth-order valence-electron chi connectivity index (χ4n) is 0.754. The van der Waals surface area contributed by atoms with Crippen molar-refractivity contribution in [3.05, 3.63) is 0 Å². The van der Waals surface area contributed by atoms with Gasteiger partial charge < -0.3 is 10.2 Å². The molecule has 0 radical (unpaired) electrons.